The second-order valence-electron chi connectivity index (χ2n) is 6.85. The van der Waals surface area contributed by atoms with Crippen molar-refractivity contribution in [3.8, 4) is 0 Å². The van der Waals surface area contributed by atoms with Gasteiger partial charge in [-0.15, -0.1) is 0 Å². The molecule has 6 heteroatoms. The lowest BCUT2D eigenvalue weighted by Crippen LogP contribution is -2.46. The first kappa shape index (κ1) is 21.2. The topological polar surface area (TPSA) is 66.0 Å². The third-order valence-electron chi connectivity index (χ3n) is 4.84. The maximum absolute atomic E-state index is 12.1. The third kappa shape index (κ3) is 6.86. The average Bonchev–Trinajstić information content (AvgIpc) is 2.70. The summed E-state index contributed by atoms with van der Waals surface area (Å²) in [6, 6.07) is 7.76. The summed E-state index contributed by atoms with van der Waals surface area (Å²) < 4.78 is 5.72. The van der Waals surface area contributed by atoms with Crippen LogP contribution in [0.2, 0.25) is 0 Å². The fourth-order valence-corrected chi connectivity index (χ4v) is 3.24. The predicted octanol–water partition coefficient (Wildman–Crippen LogP) is 2.79. The molecule has 2 rings (SSSR count). The minimum Gasteiger partial charge on any atom is -0.378 e. The standard InChI is InChI=1S/C21H34N4O2/c1-4-6-13-23-20(26)18-9-7-17(8-10-18)16-24-21(22-3)25-14-11-19(12-15-25)27-5-2/h7-10,19H,4-6,11-16H2,1-3H3,(H,22,24)(H,23,26). The number of nitrogens with one attached hydrogen (secondary N) is 2. The highest BCUT2D eigenvalue weighted by molar-refractivity contribution is 5.94. The number of amides is 1. The average molecular weight is 375 g/mol. The first-order valence-corrected chi connectivity index (χ1v) is 10.1. The molecule has 6 nitrogen and oxygen atoms in total. The van der Waals surface area contributed by atoms with Crippen LogP contribution in [-0.2, 0) is 11.3 Å². The molecule has 1 aromatic carbocycles. The molecule has 0 spiro atoms. The van der Waals surface area contributed by atoms with Crippen molar-refractivity contribution < 1.29 is 9.53 Å². The number of hydrogen-bond donors (Lipinski definition) is 2. The number of piperidine rings is 1. The molecule has 150 valence electrons. The van der Waals surface area contributed by atoms with Gasteiger partial charge in [0.2, 0.25) is 0 Å². The Morgan fingerprint density at radius 1 is 1.19 bits per heavy atom. The highest BCUT2D eigenvalue weighted by Crippen LogP contribution is 2.14. The van der Waals surface area contributed by atoms with E-state index in [0.717, 1.165) is 63.4 Å². The molecule has 1 amide bonds. The van der Waals surface area contributed by atoms with Gasteiger partial charge in [-0.05, 0) is 43.9 Å². The van der Waals surface area contributed by atoms with Crippen molar-refractivity contribution in [2.75, 3.05) is 33.3 Å². The first-order valence-electron chi connectivity index (χ1n) is 10.1. The van der Waals surface area contributed by atoms with Gasteiger partial charge in [0.1, 0.15) is 0 Å². The van der Waals surface area contributed by atoms with E-state index in [4.69, 9.17) is 4.74 Å². The minimum atomic E-state index is -0.00376. The Bertz CT molecular complexity index is 593. The lowest BCUT2D eigenvalue weighted by Gasteiger charge is -2.34. The van der Waals surface area contributed by atoms with Crippen LogP contribution in [0.1, 0.15) is 55.5 Å². The summed E-state index contributed by atoms with van der Waals surface area (Å²) in [6.45, 7) is 8.29. The van der Waals surface area contributed by atoms with Gasteiger partial charge in [-0.3, -0.25) is 9.79 Å². The van der Waals surface area contributed by atoms with Gasteiger partial charge in [0.25, 0.3) is 5.91 Å². The third-order valence-corrected chi connectivity index (χ3v) is 4.84. The highest BCUT2D eigenvalue weighted by Gasteiger charge is 2.21. The lowest BCUT2D eigenvalue weighted by atomic mass is 10.1. The minimum absolute atomic E-state index is 0.00376. The van der Waals surface area contributed by atoms with Crippen LogP contribution >= 0.6 is 0 Å². The molecule has 1 aliphatic heterocycles. The maximum atomic E-state index is 12.1. The number of hydrogen-bond acceptors (Lipinski definition) is 3. The Labute approximate surface area is 163 Å². The summed E-state index contributed by atoms with van der Waals surface area (Å²) in [5.74, 6) is 0.919. The highest BCUT2D eigenvalue weighted by atomic mass is 16.5. The van der Waals surface area contributed by atoms with Crippen molar-refractivity contribution in [2.45, 2.75) is 52.2 Å². The van der Waals surface area contributed by atoms with Crippen molar-refractivity contribution in [3.05, 3.63) is 35.4 Å². The van der Waals surface area contributed by atoms with E-state index in [2.05, 4.69) is 27.4 Å². The van der Waals surface area contributed by atoms with Crippen LogP contribution in [0.15, 0.2) is 29.3 Å². The summed E-state index contributed by atoms with van der Waals surface area (Å²) >= 11 is 0. The van der Waals surface area contributed by atoms with Crippen LogP contribution in [0.5, 0.6) is 0 Å². The zero-order chi connectivity index (χ0) is 19.5. The molecule has 0 unspecified atom stereocenters. The van der Waals surface area contributed by atoms with Crippen LogP contribution in [0.25, 0.3) is 0 Å². The van der Waals surface area contributed by atoms with E-state index >= 15 is 0 Å². The van der Waals surface area contributed by atoms with Gasteiger partial charge < -0.3 is 20.3 Å². The molecule has 1 aromatic rings. The molecule has 1 heterocycles. The SMILES string of the molecule is CCCCNC(=O)c1ccc(CNC(=NC)N2CCC(OCC)CC2)cc1. The van der Waals surface area contributed by atoms with E-state index in [1.807, 2.05) is 38.2 Å². The number of ether oxygens (including phenoxy) is 1. The maximum Gasteiger partial charge on any atom is 0.251 e. The quantitative estimate of drug-likeness (QED) is 0.417. The van der Waals surface area contributed by atoms with Gasteiger partial charge in [0.05, 0.1) is 6.10 Å². The zero-order valence-corrected chi connectivity index (χ0v) is 17.0. The molecule has 1 saturated heterocycles. The Kier molecular flexibility index (Phi) is 9.11. The molecule has 1 fully saturated rings. The normalized spacial score (nSPS) is 15.7. The fourth-order valence-electron chi connectivity index (χ4n) is 3.24. The zero-order valence-electron chi connectivity index (χ0n) is 17.0. The summed E-state index contributed by atoms with van der Waals surface area (Å²) in [7, 11) is 1.82. The van der Waals surface area contributed by atoms with E-state index in [9.17, 15) is 4.79 Å². The molecule has 0 aromatic heterocycles. The van der Waals surface area contributed by atoms with Crippen molar-refractivity contribution in [3.63, 3.8) is 0 Å². The van der Waals surface area contributed by atoms with Gasteiger partial charge in [-0.1, -0.05) is 25.5 Å². The molecule has 0 bridgehead atoms. The van der Waals surface area contributed by atoms with Crippen molar-refractivity contribution in [1.29, 1.82) is 0 Å². The number of aliphatic imine (C=N–C) groups is 1. The molecule has 0 radical (unpaired) electrons. The summed E-state index contributed by atoms with van der Waals surface area (Å²) in [4.78, 5) is 18.8. The molecule has 1 aliphatic rings. The van der Waals surface area contributed by atoms with E-state index in [1.54, 1.807) is 0 Å². The van der Waals surface area contributed by atoms with Gasteiger partial charge in [0, 0.05) is 45.4 Å². The second kappa shape index (κ2) is 11.6. The van der Waals surface area contributed by atoms with Gasteiger partial charge in [-0.2, -0.15) is 0 Å². The summed E-state index contributed by atoms with van der Waals surface area (Å²) in [5.41, 5.74) is 1.84. The predicted molar refractivity (Wildman–Crippen MR) is 110 cm³/mol. The number of likely N-dealkylation sites (tertiary alicyclic amines) is 1. The molecular weight excluding hydrogens is 340 g/mol. The van der Waals surface area contributed by atoms with E-state index in [-0.39, 0.29) is 5.91 Å². The molecule has 27 heavy (non-hydrogen) atoms. The molecule has 0 aliphatic carbocycles. The van der Waals surface area contributed by atoms with Crippen molar-refractivity contribution in [2.24, 2.45) is 4.99 Å². The number of carbonyl (C=O) groups is 1. The van der Waals surface area contributed by atoms with Gasteiger partial charge >= 0.3 is 0 Å². The van der Waals surface area contributed by atoms with Gasteiger partial charge in [-0.25, -0.2) is 0 Å². The van der Waals surface area contributed by atoms with Crippen LogP contribution in [0.4, 0.5) is 0 Å². The molecular formula is C21H34N4O2. The molecule has 0 saturated carbocycles. The van der Waals surface area contributed by atoms with Gasteiger partial charge in [0.15, 0.2) is 5.96 Å². The van der Waals surface area contributed by atoms with E-state index in [1.165, 1.54) is 0 Å². The Morgan fingerprint density at radius 3 is 2.48 bits per heavy atom. The molecule has 0 atom stereocenters. The number of carbonyl (C=O) groups excluding carboxylic acids is 1. The van der Waals surface area contributed by atoms with Crippen LogP contribution in [0, 0.1) is 0 Å². The van der Waals surface area contributed by atoms with Crippen LogP contribution in [-0.4, -0.2) is 56.2 Å². The summed E-state index contributed by atoms with van der Waals surface area (Å²) in [6.07, 6.45) is 4.54. The number of benzene rings is 1. The lowest BCUT2D eigenvalue weighted by molar-refractivity contribution is 0.0263. The van der Waals surface area contributed by atoms with Crippen molar-refractivity contribution in [1.82, 2.24) is 15.5 Å². The Hall–Kier alpha value is -2.08. The smallest absolute Gasteiger partial charge is 0.251 e. The first-order chi connectivity index (χ1) is 13.2. The van der Waals surface area contributed by atoms with Crippen LogP contribution in [0.3, 0.4) is 0 Å². The Balaban J connectivity index is 1.80. The van der Waals surface area contributed by atoms with E-state index in [0.29, 0.717) is 18.2 Å². The number of rotatable bonds is 8. The molecule has 2 N–H and O–H groups in total. The number of unbranched alkanes of at least 4 members (excludes halogenated alkanes) is 1. The van der Waals surface area contributed by atoms with E-state index < -0.39 is 0 Å². The van der Waals surface area contributed by atoms with Crippen LogP contribution < -0.4 is 10.6 Å². The number of guanidine groups is 1. The Morgan fingerprint density at radius 2 is 1.89 bits per heavy atom. The largest absolute Gasteiger partial charge is 0.378 e. The number of nitrogens with zero attached hydrogens (tertiary/aromatic N) is 2. The summed E-state index contributed by atoms with van der Waals surface area (Å²) in [5, 5.41) is 6.37. The van der Waals surface area contributed by atoms with Crippen molar-refractivity contribution >= 4 is 11.9 Å². The monoisotopic (exact) mass is 374 g/mol. The second-order valence-corrected chi connectivity index (χ2v) is 6.85. The fraction of sp³-hybridized carbons (Fsp3) is 0.619.